The number of hydrogen-bond donors (Lipinski definition) is 1. The average molecular weight is 388 g/mol. The van der Waals surface area contributed by atoms with Gasteiger partial charge in [-0.25, -0.2) is 0 Å². The first-order valence-electron chi connectivity index (χ1n) is 9.11. The molecular weight excluding hydrogens is 368 g/mol. The van der Waals surface area contributed by atoms with Crippen LogP contribution in [-0.2, 0) is 4.79 Å². The van der Waals surface area contributed by atoms with Crippen molar-refractivity contribution in [1.29, 1.82) is 0 Å². The number of nitrogens with zero attached hydrogens (tertiary/aromatic N) is 1. The molecule has 0 spiro atoms. The number of anilines is 1. The van der Waals surface area contributed by atoms with Crippen LogP contribution >= 0.6 is 11.8 Å². The Hall–Kier alpha value is -3.05. The second-order valence-electron chi connectivity index (χ2n) is 6.67. The van der Waals surface area contributed by atoms with Gasteiger partial charge in [-0.05, 0) is 43.3 Å². The Morgan fingerprint density at radius 3 is 1.93 bits per heavy atom. The van der Waals surface area contributed by atoms with Gasteiger partial charge in [0.25, 0.3) is 0 Å². The molecule has 1 N–H and O–H groups in total. The highest BCUT2D eigenvalue weighted by Gasteiger charge is 2.21. The molecule has 0 saturated carbocycles. The van der Waals surface area contributed by atoms with Gasteiger partial charge < -0.3 is 5.32 Å². The van der Waals surface area contributed by atoms with Gasteiger partial charge in [0.05, 0.1) is 16.3 Å². The molecule has 4 aromatic rings. The van der Waals surface area contributed by atoms with Crippen LogP contribution in [0.3, 0.4) is 0 Å². The lowest BCUT2D eigenvalue weighted by Crippen LogP contribution is -2.21. The summed E-state index contributed by atoms with van der Waals surface area (Å²) in [5, 5.41) is 4.67. The van der Waals surface area contributed by atoms with E-state index < -0.39 is 0 Å². The fourth-order valence-electron chi connectivity index (χ4n) is 3.42. The molecule has 0 saturated heterocycles. The first kappa shape index (κ1) is 18.3. The molecule has 0 aliphatic carbocycles. The highest BCUT2D eigenvalue weighted by molar-refractivity contribution is 8.00. The third-order valence-corrected chi connectivity index (χ3v) is 5.74. The minimum Gasteiger partial charge on any atom is -0.326 e. The third kappa shape index (κ3) is 3.41. The third-order valence-electron chi connectivity index (χ3n) is 4.64. The van der Waals surface area contributed by atoms with Crippen LogP contribution in [0.1, 0.15) is 18.6 Å². The predicted molar refractivity (Wildman–Crippen MR) is 116 cm³/mol. The van der Waals surface area contributed by atoms with E-state index in [0.717, 1.165) is 32.4 Å². The second-order valence-corrected chi connectivity index (χ2v) is 8.09. The number of amides is 1. The fourth-order valence-corrected chi connectivity index (χ4v) is 4.32. The first-order chi connectivity index (χ1) is 13.5. The summed E-state index contributed by atoms with van der Waals surface area (Å²) in [7, 11) is 0. The summed E-state index contributed by atoms with van der Waals surface area (Å²) in [6.07, 6.45) is 0. The van der Waals surface area contributed by atoms with Crippen LogP contribution in [0.5, 0.6) is 0 Å². The van der Waals surface area contributed by atoms with Crippen LogP contribution < -0.4 is 5.32 Å². The van der Waals surface area contributed by atoms with E-state index in [1.807, 2.05) is 72.2 Å². The number of aromatic nitrogens is 1. The lowest BCUT2D eigenvalue weighted by molar-refractivity contribution is -0.114. The Kier molecular flexibility index (Phi) is 4.92. The normalized spacial score (nSPS) is 12.2. The van der Waals surface area contributed by atoms with Crippen molar-refractivity contribution in [2.75, 3.05) is 5.32 Å². The van der Waals surface area contributed by atoms with Crippen LogP contribution in [-0.4, -0.2) is 21.6 Å². The van der Waals surface area contributed by atoms with E-state index in [1.165, 1.54) is 18.7 Å². The molecule has 140 valence electrons. The van der Waals surface area contributed by atoms with Crippen LogP contribution in [0.15, 0.2) is 77.7 Å². The number of nitrogens with one attached hydrogen (secondary N) is 1. The maximum absolute atomic E-state index is 13.3. The standard InChI is InChI=1S/C23H20N2O2S/c1-15(28-18-13-11-17(12-14-18)24-16(2)26)23(27)25-21-9-5-3-7-19(21)20-8-4-6-10-22(20)25/h3-15H,1-2H3,(H,24,26). The first-order valence-corrected chi connectivity index (χ1v) is 9.99. The van der Waals surface area contributed by atoms with Crippen molar-refractivity contribution in [3.63, 3.8) is 0 Å². The molecule has 0 aliphatic rings. The molecular formula is C23H20N2O2S. The molecule has 0 bridgehead atoms. The SMILES string of the molecule is CC(=O)Nc1ccc(SC(C)C(=O)n2c3ccccc3c3ccccc32)cc1. The predicted octanol–water partition coefficient (Wildman–Crippen LogP) is 5.57. The summed E-state index contributed by atoms with van der Waals surface area (Å²) in [4.78, 5) is 25.5. The van der Waals surface area contributed by atoms with Crippen LogP contribution in [0, 0.1) is 0 Å². The van der Waals surface area contributed by atoms with Gasteiger partial charge >= 0.3 is 0 Å². The van der Waals surface area contributed by atoms with Gasteiger partial charge in [-0.15, -0.1) is 11.8 Å². The number of hydrogen-bond acceptors (Lipinski definition) is 3. The van der Waals surface area contributed by atoms with Crippen molar-refractivity contribution < 1.29 is 9.59 Å². The van der Waals surface area contributed by atoms with E-state index in [2.05, 4.69) is 17.4 Å². The molecule has 5 heteroatoms. The Labute approximate surface area is 167 Å². The van der Waals surface area contributed by atoms with E-state index in [9.17, 15) is 9.59 Å². The number of para-hydroxylation sites is 2. The highest BCUT2D eigenvalue weighted by atomic mass is 32.2. The summed E-state index contributed by atoms with van der Waals surface area (Å²) >= 11 is 1.51. The minimum atomic E-state index is -0.258. The Morgan fingerprint density at radius 2 is 1.39 bits per heavy atom. The number of benzene rings is 3. The van der Waals surface area contributed by atoms with Crippen molar-refractivity contribution in [2.45, 2.75) is 24.0 Å². The quantitative estimate of drug-likeness (QED) is 0.465. The lowest BCUT2D eigenvalue weighted by Gasteiger charge is -2.13. The fraction of sp³-hybridized carbons (Fsp3) is 0.130. The van der Waals surface area contributed by atoms with E-state index >= 15 is 0 Å². The summed E-state index contributed by atoms with van der Waals surface area (Å²) in [5.41, 5.74) is 2.61. The van der Waals surface area contributed by atoms with Crippen LogP contribution in [0.2, 0.25) is 0 Å². The van der Waals surface area contributed by atoms with Crippen molar-refractivity contribution >= 4 is 51.1 Å². The molecule has 0 radical (unpaired) electrons. The van der Waals surface area contributed by atoms with Gasteiger partial charge in [0.15, 0.2) is 0 Å². The summed E-state index contributed by atoms with van der Waals surface area (Å²) in [6, 6.07) is 23.6. The van der Waals surface area contributed by atoms with E-state index in [0.29, 0.717) is 0 Å². The van der Waals surface area contributed by atoms with Crippen molar-refractivity contribution in [1.82, 2.24) is 4.57 Å². The number of carbonyl (C=O) groups excluding carboxylic acids is 2. The Bertz CT molecular complexity index is 1130. The smallest absolute Gasteiger partial charge is 0.244 e. The van der Waals surface area contributed by atoms with Gasteiger partial charge in [0, 0.05) is 28.3 Å². The topological polar surface area (TPSA) is 51.1 Å². The van der Waals surface area contributed by atoms with Crippen molar-refractivity contribution in [3.05, 3.63) is 72.8 Å². The number of rotatable bonds is 4. The second kappa shape index (κ2) is 7.52. The van der Waals surface area contributed by atoms with E-state index in [4.69, 9.17) is 0 Å². The monoisotopic (exact) mass is 388 g/mol. The molecule has 28 heavy (non-hydrogen) atoms. The molecule has 4 nitrogen and oxygen atoms in total. The van der Waals surface area contributed by atoms with Gasteiger partial charge in [0.1, 0.15) is 0 Å². The zero-order chi connectivity index (χ0) is 19.7. The lowest BCUT2D eigenvalue weighted by atomic mass is 10.2. The molecule has 1 amide bonds. The summed E-state index contributed by atoms with van der Waals surface area (Å²) in [5.74, 6) is -0.0522. The Balaban J connectivity index is 1.64. The van der Waals surface area contributed by atoms with Crippen LogP contribution in [0.4, 0.5) is 5.69 Å². The van der Waals surface area contributed by atoms with E-state index in [-0.39, 0.29) is 17.1 Å². The molecule has 1 unspecified atom stereocenters. The molecule has 0 aliphatic heterocycles. The van der Waals surface area contributed by atoms with E-state index in [1.54, 1.807) is 0 Å². The van der Waals surface area contributed by atoms with Crippen LogP contribution in [0.25, 0.3) is 21.8 Å². The largest absolute Gasteiger partial charge is 0.326 e. The molecule has 3 aromatic carbocycles. The molecule has 0 fully saturated rings. The van der Waals surface area contributed by atoms with Gasteiger partial charge in [0.2, 0.25) is 11.8 Å². The molecule has 4 rings (SSSR count). The maximum atomic E-state index is 13.3. The van der Waals surface area contributed by atoms with Gasteiger partial charge in [-0.2, -0.15) is 0 Å². The highest BCUT2D eigenvalue weighted by Crippen LogP contribution is 2.32. The Morgan fingerprint density at radius 1 is 0.857 bits per heavy atom. The number of thioether (sulfide) groups is 1. The average Bonchev–Trinajstić information content (AvgIpc) is 3.03. The number of carbonyl (C=O) groups is 2. The summed E-state index contributed by atoms with van der Waals surface area (Å²) < 4.78 is 1.83. The van der Waals surface area contributed by atoms with Crippen molar-refractivity contribution in [2.24, 2.45) is 0 Å². The molecule has 1 aromatic heterocycles. The zero-order valence-corrected chi connectivity index (χ0v) is 16.5. The summed E-state index contributed by atoms with van der Waals surface area (Å²) in [6.45, 7) is 3.41. The zero-order valence-electron chi connectivity index (χ0n) is 15.7. The molecule has 1 heterocycles. The molecule has 1 atom stereocenters. The van der Waals surface area contributed by atoms with Crippen molar-refractivity contribution in [3.8, 4) is 0 Å². The maximum Gasteiger partial charge on any atom is 0.244 e. The minimum absolute atomic E-state index is 0.0494. The van der Waals surface area contributed by atoms with Gasteiger partial charge in [-0.1, -0.05) is 36.4 Å². The van der Waals surface area contributed by atoms with Gasteiger partial charge in [-0.3, -0.25) is 14.2 Å². The number of fused-ring (bicyclic) bond motifs is 3.